The molecule has 3 nitrogen and oxygen atoms in total. The van der Waals surface area contributed by atoms with Crippen LogP contribution < -0.4 is 5.73 Å². The molecule has 1 atom stereocenters. The van der Waals surface area contributed by atoms with Crippen LogP contribution in [0.25, 0.3) is 0 Å². The highest BCUT2D eigenvalue weighted by molar-refractivity contribution is 6.31. The minimum absolute atomic E-state index is 0.0360. The molecule has 0 spiro atoms. The first-order chi connectivity index (χ1) is 7.06. The number of anilines is 1. The summed E-state index contributed by atoms with van der Waals surface area (Å²) >= 11 is 6.02. The Morgan fingerprint density at radius 1 is 1.60 bits per heavy atom. The van der Waals surface area contributed by atoms with Gasteiger partial charge >= 0.3 is 5.97 Å². The van der Waals surface area contributed by atoms with Gasteiger partial charge in [-0.2, -0.15) is 0 Å². The van der Waals surface area contributed by atoms with Gasteiger partial charge in [-0.25, -0.2) is 0 Å². The molecule has 1 unspecified atom stereocenters. The second kappa shape index (κ2) is 5.03. The van der Waals surface area contributed by atoms with E-state index in [1.54, 1.807) is 18.2 Å². The van der Waals surface area contributed by atoms with E-state index in [1.807, 2.05) is 6.92 Å². The fourth-order valence-electron chi connectivity index (χ4n) is 1.51. The van der Waals surface area contributed by atoms with Crippen molar-refractivity contribution in [3.8, 4) is 0 Å². The van der Waals surface area contributed by atoms with Gasteiger partial charge in [0, 0.05) is 10.7 Å². The van der Waals surface area contributed by atoms with Crippen LogP contribution in [0.3, 0.4) is 0 Å². The number of ether oxygens (including phenoxy) is 1. The fourth-order valence-corrected chi connectivity index (χ4v) is 1.88. The molecule has 0 saturated carbocycles. The van der Waals surface area contributed by atoms with E-state index >= 15 is 0 Å². The molecule has 0 bridgehead atoms. The van der Waals surface area contributed by atoms with Crippen molar-refractivity contribution in [1.29, 1.82) is 0 Å². The number of hydrogen-bond acceptors (Lipinski definition) is 3. The average molecular weight is 228 g/mol. The molecule has 4 heteroatoms. The van der Waals surface area contributed by atoms with Gasteiger partial charge < -0.3 is 10.5 Å². The minimum Gasteiger partial charge on any atom is -0.469 e. The van der Waals surface area contributed by atoms with Crippen molar-refractivity contribution in [3.63, 3.8) is 0 Å². The number of carbonyl (C=O) groups excluding carboxylic acids is 1. The molecular formula is C11H14ClNO2. The SMILES string of the molecule is COC(=O)CC(C)c1c(N)cccc1Cl. The van der Waals surface area contributed by atoms with Crippen LogP contribution >= 0.6 is 11.6 Å². The van der Waals surface area contributed by atoms with Crippen LogP contribution in [0, 0.1) is 0 Å². The maximum Gasteiger partial charge on any atom is 0.306 e. The number of nitrogen functional groups attached to an aromatic ring is 1. The zero-order chi connectivity index (χ0) is 11.4. The number of nitrogens with two attached hydrogens (primary N) is 1. The van der Waals surface area contributed by atoms with E-state index in [0.29, 0.717) is 10.7 Å². The molecule has 1 aromatic carbocycles. The van der Waals surface area contributed by atoms with Gasteiger partial charge in [-0.15, -0.1) is 0 Å². The highest BCUT2D eigenvalue weighted by atomic mass is 35.5. The maximum absolute atomic E-state index is 11.1. The molecule has 0 radical (unpaired) electrons. The molecule has 0 aromatic heterocycles. The van der Waals surface area contributed by atoms with Crippen LogP contribution in [-0.2, 0) is 9.53 Å². The maximum atomic E-state index is 11.1. The Bertz CT molecular complexity index is 345. The third-order valence-electron chi connectivity index (χ3n) is 2.28. The molecule has 0 saturated heterocycles. The summed E-state index contributed by atoms with van der Waals surface area (Å²) in [4.78, 5) is 11.1. The first-order valence-corrected chi connectivity index (χ1v) is 5.04. The van der Waals surface area contributed by atoms with E-state index in [9.17, 15) is 4.79 Å². The molecule has 1 aromatic rings. The lowest BCUT2D eigenvalue weighted by molar-refractivity contribution is -0.140. The molecule has 0 aliphatic rings. The molecule has 2 N–H and O–H groups in total. The number of methoxy groups -OCH3 is 1. The van der Waals surface area contributed by atoms with Crippen molar-refractivity contribution in [3.05, 3.63) is 28.8 Å². The largest absolute Gasteiger partial charge is 0.469 e. The molecule has 0 aliphatic carbocycles. The Hall–Kier alpha value is -1.22. The Morgan fingerprint density at radius 3 is 2.80 bits per heavy atom. The van der Waals surface area contributed by atoms with E-state index in [0.717, 1.165) is 5.56 Å². The van der Waals surface area contributed by atoms with Crippen molar-refractivity contribution < 1.29 is 9.53 Å². The number of hydrogen-bond donors (Lipinski definition) is 1. The van der Waals surface area contributed by atoms with Crippen molar-refractivity contribution in [2.75, 3.05) is 12.8 Å². The van der Waals surface area contributed by atoms with Gasteiger partial charge in [-0.1, -0.05) is 24.6 Å². The lowest BCUT2D eigenvalue weighted by atomic mass is 9.96. The normalized spacial score (nSPS) is 12.2. The van der Waals surface area contributed by atoms with Gasteiger partial charge in [0.25, 0.3) is 0 Å². The van der Waals surface area contributed by atoms with Gasteiger partial charge in [0.05, 0.1) is 13.5 Å². The highest BCUT2D eigenvalue weighted by Gasteiger charge is 2.16. The number of carbonyl (C=O) groups is 1. The van der Waals surface area contributed by atoms with Gasteiger partial charge in [0.1, 0.15) is 0 Å². The van der Waals surface area contributed by atoms with Gasteiger partial charge in [-0.3, -0.25) is 4.79 Å². The van der Waals surface area contributed by atoms with E-state index in [-0.39, 0.29) is 18.3 Å². The van der Waals surface area contributed by atoms with Crippen LogP contribution in [-0.4, -0.2) is 13.1 Å². The molecule has 82 valence electrons. The monoisotopic (exact) mass is 227 g/mol. The van der Waals surface area contributed by atoms with Crippen LogP contribution in [0.1, 0.15) is 24.8 Å². The smallest absolute Gasteiger partial charge is 0.306 e. The van der Waals surface area contributed by atoms with Gasteiger partial charge in [-0.05, 0) is 23.6 Å². The quantitative estimate of drug-likeness (QED) is 0.638. The summed E-state index contributed by atoms with van der Waals surface area (Å²) in [5.74, 6) is -0.298. The molecule has 0 fully saturated rings. The Morgan fingerprint density at radius 2 is 2.27 bits per heavy atom. The first-order valence-electron chi connectivity index (χ1n) is 4.67. The topological polar surface area (TPSA) is 52.3 Å². The zero-order valence-electron chi connectivity index (χ0n) is 8.79. The lowest BCUT2D eigenvalue weighted by Crippen LogP contribution is -2.08. The summed E-state index contributed by atoms with van der Waals surface area (Å²) in [6, 6.07) is 5.32. The van der Waals surface area contributed by atoms with Crippen molar-refractivity contribution in [1.82, 2.24) is 0 Å². The van der Waals surface area contributed by atoms with Crippen molar-refractivity contribution >= 4 is 23.3 Å². The molecule has 0 heterocycles. The predicted molar refractivity (Wildman–Crippen MR) is 60.9 cm³/mol. The van der Waals surface area contributed by atoms with Gasteiger partial charge in [0.15, 0.2) is 0 Å². The summed E-state index contributed by atoms with van der Waals surface area (Å²) in [5, 5.41) is 0.589. The van der Waals surface area contributed by atoms with Crippen molar-refractivity contribution in [2.24, 2.45) is 0 Å². The van der Waals surface area contributed by atoms with E-state index in [1.165, 1.54) is 7.11 Å². The van der Waals surface area contributed by atoms with Crippen LogP contribution in [0.5, 0.6) is 0 Å². The number of esters is 1. The summed E-state index contributed by atoms with van der Waals surface area (Å²) in [6.45, 7) is 1.90. The summed E-state index contributed by atoms with van der Waals surface area (Å²) in [6.07, 6.45) is 0.282. The average Bonchev–Trinajstić information content (AvgIpc) is 2.17. The Balaban J connectivity index is 2.90. The number of rotatable bonds is 3. The Kier molecular flexibility index (Phi) is 3.97. The van der Waals surface area contributed by atoms with Crippen molar-refractivity contribution in [2.45, 2.75) is 19.3 Å². The van der Waals surface area contributed by atoms with Crippen LogP contribution in [0.15, 0.2) is 18.2 Å². The molecule has 1 rings (SSSR count). The molecular weight excluding hydrogens is 214 g/mol. The fraction of sp³-hybridized carbons (Fsp3) is 0.364. The number of halogens is 1. The summed E-state index contributed by atoms with van der Waals surface area (Å²) in [5.41, 5.74) is 7.22. The zero-order valence-corrected chi connectivity index (χ0v) is 9.54. The van der Waals surface area contributed by atoms with Gasteiger partial charge in [0.2, 0.25) is 0 Å². The van der Waals surface area contributed by atoms with E-state index in [2.05, 4.69) is 4.74 Å². The number of benzene rings is 1. The summed E-state index contributed by atoms with van der Waals surface area (Å²) in [7, 11) is 1.37. The second-order valence-electron chi connectivity index (χ2n) is 3.42. The van der Waals surface area contributed by atoms with Crippen LogP contribution in [0.2, 0.25) is 5.02 Å². The van der Waals surface area contributed by atoms with E-state index in [4.69, 9.17) is 17.3 Å². The highest BCUT2D eigenvalue weighted by Crippen LogP contribution is 2.31. The molecule has 0 amide bonds. The Labute approximate surface area is 94.2 Å². The predicted octanol–water partition coefficient (Wildman–Crippen LogP) is 2.59. The standard InChI is InChI=1S/C11H14ClNO2/c1-7(6-10(14)15-2)11-8(12)4-3-5-9(11)13/h3-5,7H,6,13H2,1-2H3. The minimum atomic E-state index is -0.262. The lowest BCUT2D eigenvalue weighted by Gasteiger charge is -2.14. The molecule has 15 heavy (non-hydrogen) atoms. The van der Waals surface area contributed by atoms with Crippen LogP contribution in [0.4, 0.5) is 5.69 Å². The second-order valence-corrected chi connectivity index (χ2v) is 3.83. The summed E-state index contributed by atoms with van der Waals surface area (Å²) < 4.78 is 4.60. The third-order valence-corrected chi connectivity index (χ3v) is 2.61. The third kappa shape index (κ3) is 2.86. The molecule has 0 aliphatic heterocycles. The first kappa shape index (κ1) is 11.9. The van der Waals surface area contributed by atoms with E-state index < -0.39 is 0 Å².